The van der Waals surface area contributed by atoms with Crippen LogP contribution >= 0.6 is 0 Å². The molecule has 0 N–H and O–H groups in total. The van der Waals surface area contributed by atoms with Crippen LogP contribution in [0.4, 0.5) is 4.79 Å². The van der Waals surface area contributed by atoms with Crippen molar-refractivity contribution >= 4 is 6.16 Å². The maximum atomic E-state index is 11.0. The monoisotopic (exact) mass is 187 g/mol. The van der Waals surface area contributed by atoms with Gasteiger partial charge in [0.2, 0.25) is 0 Å². The molecule has 0 saturated heterocycles. The first-order chi connectivity index (χ1) is 6.10. The quantitative estimate of drug-likeness (QED) is 0.621. The molecule has 0 aliphatic carbocycles. The van der Waals surface area contributed by atoms with Crippen molar-refractivity contribution in [2.45, 2.75) is 52.7 Å². The summed E-state index contributed by atoms with van der Waals surface area (Å²) in [7, 11) is 0. The molecule has 0 aliphatic heterocycles. The molecule has 13 heavy (non-hydrogen) atoms. The van der Waals surface area contributed by atoms with Gasteiger partial charge in [0.05, 0.1) is 0 Å². The second kappa shape index (κ2) is 6.75. The van der Waals surface area contributed by atoms with E-state index in [0.717, 1.165) is 12.8 Å². The standard InChI is InChI=1S/C10H19O3/c1-5-7-9(4)13-10(11)12-8(3)6-2/h6,8-9H,5,7H2,1-4H3/t8-,9+/m0/s1. The van der Waals surface area contributed by atoms with E-state index >= 15 is 0 Å². The molecule has 0 rings (SSSR count). The third kappa shape index (κ3) is 6.43. The predicted octanol–water partition coefficient (Wildman–Crippen LogP) is 2.94. The highest BCUT2D eigenvalue weighted by atomic mass is 16.7. The van der Waals surface area contributed by atoms with Crippen LogP contribution in [0.15, 0.2) is 0 Å². The zero-order chi connectivity index (χ0) is 10.3. The van der Waals surface area contributed by atoms with Gasteiger partial charge in [-0.15, -0.1) is 0 Å². The first-order valence-corrected chi connectivity index (χ1v) is 4.76. The number of hydrogen-bond donors (Lipinski definition) is 0. The zero-order valence-corrected chi connectivity index (χ0v) is 8.87. The van der Waals surface area contributed by atoms with Gasteiger partial charge in [0.1, 0.15) is 12.2 Å². The van der Waals surface area contributed by atoms with E-state index in [0.29, 0.717) is 0 Å². The molecular formula is C10H19O3. The van der Waals surface area contributed by atoms with Gasteiger partial charge >= 0.3 is 6.16 Å². The van der Waals surface area contributed by atoms with Crippen LogP contribution in [-0.2, 0) is 9.47 Å². The minimum Gasteiger partial charge on any atom is -0.431 e. The Morgan fingerprint density at radius 3 is 2.46 bits per heavy atom. The Labute approximate surface area is 80.4 Å². The molecule has 2 atom stereocenters. The van der Waals surface area contributed by atoms with Gasteiger partial charge in [-0.1, -0.05) is 20.3 Å². The molecule has 0 aromatic heterocycles. The zero-order valence-electron chi connectivity index (χ0n) is 8.87. The van der Waals surface area contributed by atoms with E-state index < -0.39 is 6.16 Å². The molecule has 1 radical (unpaired) electrons. The maximum Gasteiger partial charge on any atom is 0.508 e. The predicted molar refractivity (Wildman–Crippen MR) is 51.4 cm³/mol. The van der Waals surface area contributed by atoms with Gasteiger partial charge in [-0.2, -0.15) is 0 Å². The van der Waals surface area contributed by atoms with Crippen molar-refractivity contribution in [3.63, 3.8) is 0 Å². The molecular weight excluding hydrogens is 168 g/mol. The van der Waals surface area contributed by atoms with Crippen molar-refractivity contribution in [3.05, 3.63) is 6.42 Å². The molecule has 0 aliphatic rings. The highest BCUT2D eigenvalue weighted by molar-refractivity contribution is 5.60. The maximum absolute atomic E-state index is 11.0. The van der Waals surface area contributed by atoms with Gasteiger partial charge in [-0.25, -0.2) is 4.79 Å². The van der Waals surface area contributed by atoms with Crippen LogP contribution in [0, 0.1) is 6.42 Å². The Kier molecular flexibility index (Phi) is 6.37. The first kappa shape index (κ1) is 12.3. The normalized spacial score (nSPS) is 14.8. The third-order valence-electron chi connectivity index (χ3n) is 1.74. The van der Waals surface area contributed by atoms with Crippen molar-refractivity contribution in [2.75, 3.05) is 0 Å². The van der Waals surface area contributed by atoms with Gasteiger partial charge in [0.25, 0.3) is 0 Å². The Balaban J connectivity index is 3.61. The van der Waals surface area contributed by atoms with E-state index in [1.54, 1.807) is 13.3 Å². The topological polar surface area (TPSA) is 35.5 Å². The molecule has 0 fully saturated rings. The molecule has 3 heteroatoms. The second-order valence-corrected chi connectivity index (χ2v) is 3.12. The summed E-state index contributed by atoms with van der Waals surface area (Å²) < 4.78 is 9.88. The molecule has 0 saturated carbocycles. The average Bonchev–Trinajstić information content (AvgIpc) is 2.04. The number of ether oxygens (including phenoxy) is 2. The van der Waals surface area contributed by atoms with Gasteiger partial charge in [-0.05, 0) is 26.7 Å². The van der Waals surface area contributed by atoms with E-state index in [-0.39, 0.29) is 12.2 Å². The van der Waals surface area contributed by atoms with Crippen LogP contribution < -0.4 is 0 Å². The smallest absolute Gasteiger partial charge is 0.431 e. The Bertz CT molecular complexity index is 145. The summed E-state index contributed by atoms with van der Waals surface area (Å²) in [4.78, 5) is 11.0. The second-order valence-electron chi connectivity index (χ2n) is 3.12. The molecule has 0 amide bonds. The number of hydrogen-bond acceptors (Lipinski definition) is 3. The van der Waals surface area contributed by atoms with Crippen molar-refractivity contribution in [3.8, 4) is 0 Å². The lowest BCUT2D eigenvalue weighted by molar-refractivity contribution is 0.0127. The van der Waals surface area contributed by atoms with Gasteiger partial charge in [0.15, 0.2) is 0 Å². The van der Waals surface area contributed by atoms with Gasteiger partial charge in [0, 0.05) is 0 Å². The molecule has 0 spiro atoms. The summed E-state index contributed by atoms with van der Waals surface area (Å²) in [5, 5.41) is 0. The number of carbonyl (C=O) groups is 1. The summed E-state index contributed by atoms with van der Waals surface area (Å²) in [5.74, 6) is 0. The summed E-state index contributed by atoms with van der Waals surface area (Å²) in [6, 6.07) is 0. The molecule has 0 aromatic carbocycles. The minimum absolute atomic E-state index is 0.0541. The highest BCUT2D eigenvalue weighted by Gasteiger charge is 2.12. The highest BCUT2D eigenvalue weighted by Crippen LogP contribution is 2.04. The molecule has 0 heterocycles. The van der Waals surface area contributed by atoms with Crippen molar-refractivity contribution < 1.29 is 14.3 Å². The summed E-state index contributed by atoms with van der Waals surface area (Å²) in [5.41, 5.74) is 0. The fourth-order valence-electron chi connectivity index (χ4n) is 0.877. The SMILES string of the molecule is C[CH][C@H](C)OC(=O)O[C@H](C)CCC. The van der Waals surface area contributed by atoms with Crippen LogP contribution in [0.1, 0.15) is 40.5 Å². The van der Waals surface area contributed by atoms with E-state index in [4.69, 9.17) is 9.47 Å². The van der Waals surface area contributed by atoms with Crippen molar-refractivity contribution in [1.29, 1.82) is 0 Å². The van der Waals surface area contributed by atoms with Crippen molar-refractivity contribution in [2.24, 2.45) is 0 Å². The molecule has 77 valence electrons. The average molecular weight is 187 g/mol. The van der Waals surface area contributed by atoms with E-state index in [1.807, 2.05) is 20.8 Å². The van der Waals surface area contributed by atoms with Gasteiger partial charge < -0.3 is 9.47 Å². The summed E-state index contributed by atoms with van der Waals surface area (Å²) >= 11 is 0. The Morgan fingerprint density at radius 1 is 1.38 bits per heavy atom. The minimum atomic E-state index is -0.577. The fourth-order valence-corrected chi connectivity index (χ4v) is 0.877. The summed E-state index contributed by atoms with van der Waals surface area (Å²) in [6.07, 6.45) is 2.86. The third-order valence-corrected chi connectivity index (χ3v) is 1.74. The van der Waals surface area contributed by atoms with E-state index in [1.165, 1.54) is 0 Å². The van der Waals surface area contributed by atoms with Crippen LogP contribution in [0.25, 0.3) is 0 Å². The lowest BCUT2D eigenvalue weighted by atomic mass is 10.2. The van der Waals surface area contributed by atoms with E-state index in [9.17, 15) is 4.79 Å². The summed E-state index contributed by atoms with van der Waals surface area (Å²) in [6.45, 7) is 7.55. The molecule has 3 nitrogen and oxygen atoms in total. The van der Waals surface area contributed by atoms with Crippen molar-refractivity contribution in [1.82, 2.24) is 0 Å². The number of rotatable bonds is 5. The fraction of sp³-hybridized carbons (Fsp3) is 0.800. The van der Waals surface area contributed by atoms with Crippen LogP contribution in [0.2, 0.25) is 0 Å². The van der Waals surface area contributed by atoms with E-state index in [2.05, 4.69) is 0 Å². The van der Waals surface area contributed by atoms with Gasteiger partial charge in [-0.3, -0.25) is 0 Å². The number of carbonyl (C=O) groups excluding carboxylic acids is 1. The lowest BCUT2D eigenvalue weighted by Crippen LogP contribution is -2.20. The van der Waals surface area contributed by atoms with Crippen LogP contribution in [0.5, 0.6) is 0 Å². The first-order valence-electron chi connectivity index (χ1n) is 4.76. The molecule has 0 bridgehead atoms. The van der Waals surface area contributed by atoms with Crippen LogP contribution in [-0.4, -0.2) is 18.4 Å². The van der Waals surface area contributed by atoms with Crippen LogP contribution in [0.3, 0.4) is 0 Å². The Morgan fingerprint density at radius 2 is 2.00 bits per heavy atom. The largest absolute Gasteiger partial charge is 0.508 e. The molecule has 0 unspecified atom stereocenters. The molecule has 0 aromatic rings. The lowest BCUT2D eigenvalue weighted by Gasteiger charge is -2.14. The Hall–Kier alpha value is -0.730.